The zero-order chi connectivity index (χ0) is 47.0. The van der Waals surface area contributed by atoms with Crippen LogP contribution in [0.5, 0.6) is 17.2 Å². The predicted octanol–water partition coefficient (Wildman–Crippen LogP) is 4.46. The van der Waals surface area contributed by atoms with E-state index >= 15 is 0 Å². The van der Waals surface area contributed by atoms with E-state index in [-0.39, 0.29) is 75.9 Å². The van der Waals surface area contributed by atoms with Crippen molar-refractivity contribution in [1.29, 1.82) is 0 Å². The number of nitrogens with zero attached hydrogens (tertiary/aromatic N) is 3. The minimum Gasteiger partial charge on any atom is -0.507 e. The number of amides is 2. The molecule has 0 aliphatic carbocycles. The molecule has 0 aromatic heterocycles. The van der Waals surface area contributed by atoms with Crippen LogP contribution in [0.15, 0.2) is 58.8 Å². The van der Waals surface area contributed by atoms with E-state index in [1.807, 2.05) is 0 Å². The number of piperidine rings is 1. The number of methoxy groups -OCH3 is 1. The summed E-state index contributed by atoms with van der Waals surface area (Å²) in [5.74, 6) is -7.41. The van der Waals surface area contributed by atoms with Crippen LogP contribution in [-0.2, 0) is 28.5 Å². The van der Waals surface area contributed by atoms with Gasteiger partial charge in [0.2, 0.25) is 0 Å². The second-order valence-electron chi connectivity index (χ2n) is 17.6. The van der Waals surface area contributed by atoms with E-state index in [0.717, 1.165) is 0 Å². The normalized spacial score (nSPS) is 31.3. The molecule has 5 N–H and O–H groups in total. The number of nitrogens with one attached hydrogen (secondary N) is 1. The topological polar surface area (TPSA) is 235 Å². The number of carbonyl (C=O) groups excluding carboxylic acids is 4. The molecule has 64 heavy (non-hydrogen) atoms. The Kier molecular flexibility index (Phi) is 14.0. The fourth-order valence-corrected chi connectivity index (χ4v) is 9.07. The van der Waals surface area contributed by atoms with Crippen molar-refractivity contribution in [2.45, 2.75) is 104 Å². The van der Waals surface area contributed by atoms with Crippen LogP contribution < -0.4 is 20.8 Å². The highest BCUT2D eigenvalue weighted by Gasteiger charge is 2.50. The largest absolute Gasteiger partial charge is 0.507 e. The molecule has 1 unspecified atom stereocenters. The standard InChI is InChI=1S/C47H60N4O13/c1-11-20-61-45(59)51-18-16-47(17-19-51)22-48-35-34(50-47)31-32-39(55)28(7)42-33(31)43(57)46(9,64-42)62-21-15-30(60-10)25(4)41(63-29(8)52)27(6)38(54)26(5)37(53)23(2)13-12-14-24(3)44(58)49-36(35)40(32)56/h11-15,21,23,25-27,30,37-38,41,53-56H,1,16-20,22H2,2-10H3,(H,49,58)/b13-12+,21-15+,24-14-/t23-,25?,26+,27+,30-,37-,38+,41+,46-/m0/s1. The summed E-state index contributed by atoms with van der Waals surface area (Å²) in [4.78, 5) is 65.5. The maximum Gasteiger partial charge on any atom is 0.410 e. The SMILES string of the molecule is C=CCOC(=O)N1CCC2(CC1)CN=c1c3c(O)c4c(O)c(C)c5c(c4c1=N2)C(=O)[C@@](C)(O/C=C/[C@H](OC)C(C)[C@@H](OC(C)=O)[C@H](C)[C@H](O)[C@H](C)[C@@H](O)[C@@H](C)/C=C/C=C(/C)C(=O)N3)O5. The van der Waals surface area contributed by atoms with Gasteiger partial charge in [-0.15, -0.1) is 0 Å². The molecule has 4 heterocycles. The summed E-state index contributed by atoms with van der Waals surface area (Å²) in [5, 5.41) is 49.8. The molecule has 0 saturated carbocycles. The van der Waals surface area contributed by atoms with Gasteiger partial charge < -0.3 is 54.3 Å². The molecule has 4 bridgehead atoms. The average Bonchev–Trinajstić information content (AvgIpc) is 3.53. The summed E-state index contributed by atoms with van der Waals surface area (Å²) in [6, 6.07) is 0. The first kappa shape index (κ1) is 47.7. The number of allylic oxidation sites excluding steroid dienone is 2. The van der Waals surface area contributed by atoms with Crippen molar-refractivity contribution in [3.05, 3.63) is 70.6 Å². The third-order valence-corrected chi connectivity index (χ3v) is 13.1. The monoisotopic (exact) mass is 888 g/mol. The zero-order valence-corrected chi connectivity index (χ0v) is 37.8. The molecule has 1 fully saturated rings. The lowest BCUT2D eigenvalue weighted by atomic mass is 9.78. The fraction of sp³-hybridized carbons (Fsp3) is 0.532. The molecule has 2 amide bonds. The van der Waals surface area contributed by atoms with E-state index in [0.29, 0.717) is 12.8 Å². The predicted molar refractivity (Wildman–Crippen MR) is 234 cm³/mol. The minimum absolute atomic E-state index is 0.0186. The number of rotatable bonds is 4. The Morgan fingerprint density at radius 3 is 2.33 bits per heavy atom. The number of carbonyl (C=O) groups is 4. The average molecular weight is 889 g/mol. The molecule has 0 radical (unpaired) electrons. The molecular weight excluding hydrogens is 829 g/mol. The summed E-state index contributed by atoms with van der Waals surface area (Å²) in [5.41, 5.74) is -0.754. The smallest absolute Gasteiger partial charge is 0.410 e. The van der Waals surface area contributed by atoms with Crippen LogP contribution in [0.2, 0.25) is 0 Å². The number of aromatic hydroxyl groups is 2. The molecule has 17 heteroatoms. The Balaban J connectivity index is 1.54. The molecule has 346 valence electrons. The number of anilines is 1. The van der Waals surface area contributed by atoms with E-state index in [1.165, 1.54) is 52.4 Å². The van der Waals surface area contributed by atoms with Crippen LogP contribution in [0, 0.1) is 30.6 Å². The molecule has 9 atom stereocenters. The van der Waals surface area contributed by atoms with Gasteiger partial charge in [0, 0.05) is 74.2 Å². The number of phenolic OH excluding ortho intramolecular Hbond substituents is 2. The number of fused-ring (bicyclic) bond motifs is 1. The van der Waals surface area contributed by atoms with Gasteiger partial charge in [-0.1, -0.05) is 58.6 Å². The first-order valence-corrected chi connectivity index (χ1v) is 21.5. The first-order chi connectivity index (χ1) is 30.2. The van der Waals surface area contributed by atoms with E-state index in [4.69, 9.17) is 33.7 Å². The van der Waals surface area contributed by atoms with E-state index in [2.05, 4.69) is 11.9 Å². The van der Waals surface area contributed by atoms with Gasteiger partial charge in [0.1, 0.15) is 35.3 Å². The van der Waals surface area contributed by atoms with Crippen molar-refractivity contribution in [3.63, 3.8) is 0 Å². The van der Waals surface area contributed by atoms with Gasteiger partial charge in [0.25, 0.3) is 11.7 Å². The third-order valence-electron chi connectivity index (χ3n) is 13.1. The Bertz CT molecular complexity index is 2440. The summed E-state index contributed by atoms with van der Waals surface area (Å²) in [7, 11) is 1.45. The van der Waals surface area contributed by atoms with Crippen molar-refractivity contribution < 1.29 is 63.3 Å². The summed E-state index contributed by atoms with van der Waals surface area (Å²) in [6.45, 7) is 17.0. The Hall–Kier alpha value is -5.78. The van der Waals surface area contributed by atoms with Crippen molar-refractivity contribution in [2.75, 3.05) is 38.7 Å². The second-order valence-corrected chi connectivity index (χ2v) is 17.6. The number of hydrogen-bond donors (Lipinski definition) is 5. The summed E-state index contributed by atoms with van der Waals surface area (Å²) >= 11 is 0. The van der Waals surface area contributed by atoms with Gasteiger partial charge in [-0.2, -0.15) is 0 Å². The van der Waals surface area contributed by atoms with Gasteiger partial charge in [0.05, 0.1) is 53.0 Å². The Labute approximate surface area is 371 Å². The number of hydrogen-bond acceptors (Lipinski definition) is 15. The van der Waals surface area contributed by atoms with E-state index in [1.54, 1.807) is 51.7 Å². The van der Waals surface area contributed by atoms with E-state index < -0.39 is 94.7 Å². The first-order valence-electron chi connectivity index (χ1n) is 21.5. The second kappa shape index (κ2) is 18.7. The van der Waals surface area contributed by atoms with Gasteiger partial charge >= 0.3 is 17.8 Å². The molecule has 4 aliphatic heterocycles. The lowest BCUT2D eigenvalue weighted by Crippen LogP contribution is -2.51. The molecule has 17 nitrogen and oxygen atoms in total. The maximum atomic E-state index is 14.8. The van der Waals surface area contributed by atoms with Crippen LogP contribution in [-0.4, -0.2) is 118 Å². The Morgan fingerprint density at radius 1 is 1.00 bits per heavy atom. The zero-order valence-electron chi connectivity index (χ0n) is 37.8. The molecule has 2 aromatic rings. The lowest BCUT2D eigenvalue weighted by Gasteiger charge is -2.38. The van der Waals surface area contributed by atoms with Crippen molar-refractivity contribution in [2.24, 2.45) is 33.7 Å². The van der Waals surface area contributed by atoms with Crippen LogP contribution in [0.25, 0.3) is 10.8 Å². The Morgan fingerprint density at radius 2 is 1.69 bits per heavy atom. The number of likely N-dealkylation sites (tertiary alicyclic amines) is 1. The minimum atomic E-state index is -2.02. The molecule has 6 rings (SSSR count). The number of ketones is 1. The van der Waals surface area contributed by atoms with Gasteiger partial charge in [-0.05, 0) is 32.8 Å². The highest BCUT2D eigenvalue weighted by Crippen LogP contribution is 2.49. The highest BCUT2D eigenvalue weighted by atomic mass is 16.7. The number of aliphatic hydroxyl groups is 2. The van der Waals surface area contributed by atoms with Gasteiger partial charge in [-0.25, -0.2) is 4.79 Å². The molecule has 2 aromatic carbocycles. The van der Waals surface area contributed by atoms with Crippen LogP contribution in [0.3, 0.4) is 0 Å². The number of phenols is 2. The summed E-state index contributed by atoms with van der Waals surface area (Å²) < 4.78 is 29.2. The number of aliphatic hydroxyl groups excluding tert-OH is 2. The summed E-state index contributed by atoms with van der Waals surface area (Å²) in [6.07, 6.45) is 5.37. The molecular formula is C47H60N4O13. The number of Topliss-reactive ketones (excluding diaryl/α,β-unsaturated/α-hetero) is 1. The van der Waals surface area contributed by atoms with Crippen LogP contribution >= 0.6 is 0 Å². The maximum absolute atomic E-state index is 14.8. The van der Waals surface area contributed by atoms with Crippen molar-refractivity contribution in [1.82, 2.24) is 4.90 Å². The number of ether oxygens (including phenoxy) is 5. The van der Waals surface area contributed by atoms with Gasteiger partial charge in [-0.3, -0.25) is 24.4 Å². The molecule has 1 spiro atoms. The van der Waals surface area contributed by atoms with Crippen molar-refractivity contribution in [3.8, 4) is 17.2 Å². The lowest BCUT2D eigenvalue weighted by molar-refractivity contribution is -0.160. The highest BCUT2D eigenvalue weighted by molar-refractivity contribution is 6.19. The van der Waals surface area contributed by atoms with Gasteiger partial charge in [0.15, 0.2) is 5.75 Å². The quantitative estimate of drug-likeness (QED) is 0.162. The third kappa shape index (κ3) is 8.84. The molecule has 1 saturated heterocycles. The van der Waals surface area contributed by atoms with E-state index in [9.17, 15) is 39.6 Å². The van der Waals surface area contributed by atoms with Crippen LogP contribution in [0.4, 0.5) is 10.5 Å². The fourth-order valence-electron chi connectivity index (χ4n) is 9.07. The molecule has 4 aliphatic rings. The number of benzene rings is 2. The van der Waals surface area contributed by atoms with Crippen molar-refractivity contribution >= 4 is 40.2 Å². The number of esters is 1. The van der Waals surface area contributed by atoms with Crippen LogP contribution in [0.1, 0.15) is 77.2 Å².